The van der Waals surface area contributed by atoms with E-state index in [1.165, 1.54) is 0 Å². The van der Waals surface area contributed by atoms with Gasteiger partial charge in [-0.1, -0.05) is 60.7 Å². The van der Waals surface area contributed by atoms with E-state index in [0.29, 0.717) is 11.3 Å². The topological polar surface area (TPSA) is 86.3 Å². The van der Waals surface area contributed by atoms with Crippen LogP contribution in [0.3, 0.4) is 0 Å². The summed E-state index contributed by atoms with van der Waals surface area (Å²) in [5, 5.41) is 23.6. The quantitative estimate of drug-likeness (QED) is 0.313. The first kappa shape index (κ1) is 20.3. The lowest BCUT2D eigenvalue weighted by Crippen LogP contribution is -2.08. The van der Waals surface area contributed by atoms with Gasteiger partial charge in [-0.15, -0.1) is 0 Å². The number of para-hydroxylation sites is 1. The molecule has 1 aromatic heterocycles. The van der Waals surface area contributed by atoms with Crippen molar-refractivity contribution in [1.82, 2.24) is 0 Å². The summed E-state index contributed by atoms with van der Waals surface area (Å²) < 4.78 is 6.02. The van der Waals surface area contributed by atoms with Crippen molar-refractivity contribution in [3.8, 4) is 28.3 Å². The molecule has 2 N–H and O–H groups in total. The molecule has 0 aliphatic heterocycles. The molecule has 0 amide bonds. The third-order valence-electron chi connectivity index (χ3n) is 5.73. The van der Waals surface area contributed by atoms with Gasteiger partial charge in [-0.2, -0.15) is 5.26 Å². The highest BCUT2D eigenvalue weighted by molar-refractivity contribution is 6.12. The molecule has 160 valence electrons. The molecule has 0 aliphatic rings. The van der Waals surface area contributed by atoms with Gasteiger partial charge >= 0.3 is 5.97 Å². The molecule has 0 spiro atoms. The zero-order chi connectivity index (χ0) is 22.8. The highest BCUT2D eigenvalue weighted by atomic mass is 16.4. The molecule has 0 saturated heterocycles. The number of carbonyl (C=O) groups is 1. The molecule has 0 fully saturated rings. The minimum Gasteiger partial charge on any atom is -0.481 e. The van der Waals surface area contributed by atoms with Gasteiger partial charge in [-0.05, 0) is 46.5 Å². The van der Waals surface area contributed by atoms with Crippen molar-refractivity contribution >= 4 is 33.6 Å². The van der Waals surface area contributed by atoms with Gasteiger partial charge in [0.25, 0.3) is 0 Å². The minimum absolute atomic E-state index is 0.00716. The van der Waals surface area contributed by atoms with Gasteiger partial charge in [-0.3, -0.25) is 4.79 Å². The van der Waals surface area contributed by atoms with E-state index in [1.54, 1.807) is 0 Å². The number of furan rings is 1. The first-order valence-electron chi connectivity index (χ1n) is 10.6. The number of nitriles is 1. The minimum atomic E-state index is -0.878. The summed E-state index contributed by atoms with van der Waals surface area (Å²) in [5.41, 5.74) is 6.97. The standard InChI is InChI=1S/C28H20N2O3/c29-17-21-16-20(12-13-24(21)30-15-14-27(31)32)18-8-10-19(11-9-18)22-5-3-7-26-28(22)23-4-1-2-6-25(23)33-26/h1-13,16,30H,14-15H2,(H,31,32). The van der Waals surface area contributed by atoms with Crippen LogP contribution in [0.1, 0.15) is 12.0 Å². The number of aliphatic carboxylic acids is 1. The maximum Gasteiger partial charge on any atom is 0.305 e. The van der Waals surface area contributed by atoms with Crippen LogP contribution in [-0.2, 0) is 4.79 Å². The number of fused-ring (bicyclic) bond motifs is 3. The molecule has 5 rings (SSSR count). The van der Waals surface area contributed by atoms with Crippen LogP contribution in [0.4, 0.5) is 5.69 Å². The second-order valence-electron chi connectivity index (χ2n) is 7.80. The van der Waals surface area contributed by atoms with Gasteiger partial charge in [0.2, 0.25) is 0 Å². The van der Waals surface area contributed by atoms with Crippen molar-refractivity contribution in [3.05, 3.63) is 90.5 Å². The van der Waals surface area contributed by atoms with E-state index >= 15 is 0 Å². The Bertz CT molecular complexity index is 1530. The van der Waals surface area contributed by atoms with Gasteiger partial charge in [-0.25, -0.2) is 0 Å². The smallest absolute Gasteiger partial charge is 0.305 e. The molecule has 5 heteroatoms. The van der Waals surface area contributed by atoms with Gasteiger partial charge in [0.1, 0.15) is 17.2 Å². The zero-order valence-electron chi connectivity index (χ0n) is 17.7. The summed E-state index contributed by atoms with van der Waals surface area (Å²) >= 11 is 0. The lowest BCUT2D eigenvalue weighted by atomic mass is 9.96. The highest BCUT2D eigenvalue weighted by Crippen LogP contribution is 2.37. The number of nitrogens with one attached hydrogen (secondary N) is 1. The maximum absolute atomic E-state index is 10.7. The highest BCUT2D eigenvalue weighted by Gasteiger charge is 2.12. The largest absolute Gasteiger partial charge is 0.481 e. The predicted octanol–water partition coefficient (Wildman–Crippen LogP) is 6.68. The van der Waals surface area contributed by atoms with E-state index in [1.807, 2.05) is 60.7 Å². The van der Waals surface area contributed by atoms with Crippen molar-refractivity contribution in [1.29, 1.82) is 5.26 Å². The first-order valence-corrected chi connectivity index (χ1v) is 10.6. The van der Waals surface area contributed by atoms with Crippen molar-refractivity contribution in [2.75, 3.05) is 11.9 Å². The molecular formula is C28H20N2O3. The Morgan fingerprint density at radius 1 is 0.879 bits per heavy atom. The number of nitrogens with zero attached hydrogens (tertiary/aromatic N) is 1. The monoisotopic (exact) mass is 432 g/mol. The molecule has 5 nitrogen and oxygen atoms in total. The fourth-order valence-electron chi connectivity index (χ4n) is 4.13. The lowest BCUT2D eigenvalue weighted by Gasteiger charge is -2.10. The summed E-state index contributed by atoms with van der Waals surface area (Å²) in [4.78, 5) is 10.7. The summed E-state index contributed by atoms with van der Waals surface area (Å²) in [7, 11) is 0. The molecule has 1 heterocycles. The van der Waals surface area contributed by atoms with Crippen molar-refractivity contribution in [3.63, 3.8) is 0 Å². The van der Waals surface area contributed by atoms with Crippen LogP contribution >= 0.6 is 0 Å². The number of carboxylic acid groups (broad SMARTS) is 1. The van der Waals surface area contributed by atoms with Gasteiger partial charge in [0, 0.05) is 17.3 Å². The van der Waals surface area contributed by atoms with Gasteiger partial charge < -0.3 is 14.8 Å². The van der Waals surface area contributed by atoms with Crippen LogP contribution < -0.4 is 5.32 Å². The lowest BCUT2D eigenvalue weighted by molar-refractivity contribution is -0.136. The van der Waals surface area contributed by atoms with Crippen LogP contribution in [0.5, 0.6) is 0 Å². The Balaban J connectivity index is 1.47. The van der Waals surface area contributed by atoms with Crippen LogP contribution in [-0.4, -0.2) is 17.6 Å². The maximum atomic E-state index is 10.7. The number of hydrogen-bond donors (Lipinski definition) is 2. The normalized spacial score (nSPS) is 10.9. The number of benzene rings is 4. The zero-order valence-corrected chi connectivity index (χ0v) is 17.7. The molecular weight excluding hydrogens is 412 g/mol. The van der Waals surface area contributed by atoms with Crippen molar-refractivity contribution < 1.29 is 14.3 Å². The van der Waals surface area contributed by atoms with Gasteiger partial charge in [0.05, 0.1) is 17.7 Å². The van der Waals surface area contributed by atoms with E-state index in [4.69, 9.17) is 9.52 Å². The molecule has 33 heavy (non-hydrogen) atoms. The number of carboxylic acids is 1. The van der Waals surface area contributed by atoms with Crippen LogP contribution in [0, 0.1) is 11.3 Å². The average molecular weight is 432 g/mol. The summed E-state index contributed by atoms with van der Waals surface area (Å²) in [6, 6.07) is 30.2. The SMILES string of the molecule is N#Cc1cc(-c2ccc(-c3cccc4oc5ccccc5c34)cc2)ccc1NCCC(=O)O. The van der Waals surface area contributed by atoms with E-state index in [-0.39, 0.29) is 13.0 Å². The molecule has 0 radical (unpaired) electrons. The Hall–Kier alpha value is -4.56. The van der Waals surface area contributed by atoms with Gasteiger partial charge in [0.15, 0.2) is 0 Å². The fraction of sp³-hybridized carbons (Fsp3) is 0.0714. The Morgan fingerprint density at radius 2 is 1.61 bits per heavy atom. The molecule has 0 atom stereocenters. The first-order chi connectivity index (χ1) is 16.1. The molecule has 4 aromatic carbocycles. The number of anilines is 1. The predicted molar refractivity (Wildman–Crippen MR) is 130 cm³/mol. The van der Waals surface area contributed by atoms with Crippen LogP contribution in [0.15, 0.2) is 89.3 Å². The summed E-state index contributed by atoms with van der Waals surface area (Å²) in [6.45, 7) is 0.270. The Kier molecular flexibility index (Phi) is 5.26. The fourth-order valence-corrected chi connectivity index (χ4v) is 4.13. The third-order valence-corrected chi connectivity index (χ3v) is 5.73. The third kappa shape index (κ3) is 3.90. The number of hydrogen-bond acceptors (Lipinski definition) is 4. The van der Waals surface area contributed by atoms with E-state index in [0.717, 1.165) is 44.2 Å². The molecule has 5 aromatic rings. The molecule has 0 saturated carbocycles. The second-order valence-corrected chi connectivity index (χ2v) is 7.80. The number of rotatable bonds is 6. The Morgan fingerprint density at radius 3 is 2.39 bits per heavy atom. The summed E-state index contributed by atoms with van der Waals surface area (Å²) in [5.74, 6) is -0.878. The average Bonchev–Trinajstić information content (AvgIpc) is 3.23. The van der Waals surface area contributed by atoms with Crippen LogP contribution in [0.25, 0.3) is 44.2 Å². The van der Waals surface area contributed by atoms with E-state index in [2.05, 4.69) is 35.7 Å². The summed E-state index contributed by atoms with van der Waals surface area (Å²) in [6.07, 6.45) is -0.00716. The van der Waals surface area contributed by atoms with E-state index in [9.17, 15) is 10.1 Å². The molecule has 0 bridgehead atoms. The van der Waals surface area contributed by atoms with Crippen LogP contribution in [0.2, 0.25) is 0 Å². The van der Waals surface area contributed by atoms with Crippen molar-refractivity contribution in [2.45, 2.75) is 6.42 Å². The Labute approximate surface area is 190 Å². The van der Waals surface area contributed by atoms with Crippen molar-refractivity contribution in [2.24, 2.45) is 0 Å². The second kappa shape index (κ2) is 8.52. The molecule has 0 aliphatic carbocycles. The molecule has 0 unspecified atom stereocenters. The van der Waals surface area contributed by atoms with E-state index < -0.39 is 5.97 Å².